The molecule has 0 saturated carbocycles. The van der Waals surface area contributed by atoms with Crippen LogP contribution in [0.25, 0.3) is 6.08 Å². The van der Waals surface area contributed by atoms with E-state index in [1.807, 2.05) is 45.0 Å². The number of carbonyl (C=O) groups is 2. The van der Waals surface area contributed by atoms with Crippen molar-refractivity contribution >= 4 is 51.9 Å². The molecule has 1 saturated heterocycles. The van der Waals surface area contributed by atoms with Gasteiger partial charge in [0.1, 0.15) is 4.32 Å². The first-order valence-electron chi connectivity index (χ1n) is 10.6. The lowest BCUT2D eigenvalue weighted by atomic mass is 10.0. The highest BCUT2D eigenvalue weighted by atomic mass is 32.2. The van der Waals surface area contributed by atoms with Crippen LogP contribution in [0, 0.1) is 20.8 Å². The van der Waals surface area contributed by atoms with Gasteiger partial charge in [0.2, 0.25) is 5.91 Å². The van der Waals surface area contributed by atoms with Gasteiger partial charge in [0.05, 0.1) is 19.1 Å². The van der Waals surface area contributed by atoms with E-state index >= 15 is 0 Å². The Bertz CT molecular complexity index is 1100. The minimum atomic E-state index is -0.148. The molecule has 174 valence electrons. The van der Waals surface area contributed by atoms with Crippen molar-refractivity contribution in [3.63, 3.8) is 0 Å². The van der Waals surface area contributed by atoms with Crippen molar-refractivity contribution in [1.29, 1.82) is 0 Å². The van der Waals surface area contributed by atoms with Crippen molar-refractivity contribution in [2.45, 2.75) is 33.6 Å². The Morgan fingerprint density at radius 1 is 1.09 bits per heavy atom. The second-order valence-electron chi connectivity index (χ2n) is 7.87. The Morgan fingerprint density at radius 3 is 2.39 bits per heavy atom. The van der Waals surface area contributed by atoms with Crippen LogP contribution in [0.4, 0.5) is 5.69 Å². The first-order valence-corrected chi connectivity index (χ1v) is 11.8. The summed E-state index contributed by atoms with van der Waals surface area (Å²) in [5, 5.41) is 3.00. The minimum Gasteiger partial charge on any atom is -0.493 e. The molecule has 0 aromatic heterocycles. The fourth-order valence-electron chi connectivity index (χ4n) is 3.76. The molecule has 1 aliphatic heterocycles. The number of ether oxygens (including phenoxy) is 2. The molecule has 0 spiro atoms. The third-order valence-corrected chi connectivity index (χ3v) is 6.68. The normalized spacial score (nSPS) is 14.7. The number of aryl methyl sites for hydroxylation is 3. The molecule has 2 amide bonds. The largest absolute Gasteiger partial charge is 0.493 e. The van der Waals surface area contributed by atoms with E-state index in [0.717, 1.165) is 22.4 Å². The number of thioether (sulfide) groups is 1. The standard InChI is InChI=1S/C25H28N2O4S2/c1-15-11-16(2)23(17(3)12-15)26-22(28)7-6-10-27-24(29)21(33-25(27)32)14-18-8-9-19(30-4)20(13-18)31-5/h8-9,11-14H,6-7,10H2,1-5H3,(H,26,28)/b21-14+. The lowest BCUT2D eigenvalue weighted by molar-refractivity contribution is -0.122. The molecule has 0 bridgehead atoms. The van der Waals surface area contributed by atoms with Crippen molar-refractivity contribution in [3.05, 3.63) is 57.5 Å². The van der Waals surface area contributed by atoms with Gasteiger partial charge in [-0.25, -0.2) is 0 Å². The monoisotopic (exact) mass is 484 g/mol. The quantitative estimate of drug-likeness (QED) is 0.408. The third kappa shape index (κ3) is 5.94. The fraction of sp³-hybridized carbons (Fsp3) is 0.320. The van der Waals surface area contributed by atoms with Gasteiger partial charge in [-0.1, -0.05) is 47.7 Å². The first kappa shape index (κ1) is 24.8. The Labute approximate surface area is 204 Å². The summed E-state index contributed by atoms with van der Waals surface area (Å²) in [7, 11) is 3.14. The Balaban J connectivity index is 1.59. The number of thiocarbonyl (C=S) groups is 1. The van der Waals surface area contributed by atoms with E-state index in [9.17, 15) is 9.59 Å². The number of benzene rings is 2. The van der Waals surface area contributed by atoms with Crippen LogP contribution >= 0.6 is 24.0 Å². The van der Waals surface area contributed by atoms with Gasteiger partial charge in [0.15, 0.2) is 11.5 Å². The average Bonchev–Trinajstić information content (AvgIpc) is 3.03. The number of rotatable bonds is 8. The van der Waals surface area contributed by atoms with E-state index in [0.29, 0.717) is 40.1 Å². The molecule has 6 nitrogen and oxygen atoms in total. The fourth-order valence-corrected chi connectivity index (χ4v) is 5.07. The van der Waals surface area contributed by atoms with Crippen molar-refractivity contribution in [2.75, 3.05) is 26.1 Å². The van der Waals surface area contributed by atoms with Gasteiger partial charge in [-0.15, -0.1) is 0 Å². The van der Waals surface area contributed by atoms with Crippen LogP contribution in [0.15, 0.2) is 35.2 Å². The lowest BCUT2D eigenvalue weighted by Gasteiger charge is -2.15. The maximum absolute atomic E-state index is 12.9. The van der Waals surface area contributed by atoms with E-state index in [-0.39, 0.29) is 11.8 Å². The van der Waals surface area contributed by atoms with Gasteiger partial charge in [-0.3, -0.25) is 14.5 Å². The molecule has 0 radical (unpaired) electrons. The predicted molar refractivity (Wildman–Crippen MR) is 138 cm³/mol. The van der Waals surface area contributed by atoms with Crippen molar-refractivity contribution in [2.24, 2.45) is 0 Å². The molecule has 2 aromatic rings. The predicted octanol–water partition coefficient (Wildman–Crippen LogP) is 5.25. The van der Waals surface area contributed by atoms with Crippen LogP contribution in [0.2, 0.25) is 0 Å². The van der Waals surface area contributed by atoms with Crippen LogP contribution in [0.3, 0.4) is 0 Å². The average molecular weight is 485 g/mol. The topological polar surface area (TPSA) is 67.9 Å². The van der Waals surface area contributed by atoms with E-state index in [2.05, 4.69) is 5.32 Å². The van der Waals surface area contributed by atoms with Crippen LogP contribution in [0.1, 0.15) is 35.1 Å². The second-order valence-corrected chi connectivity index (χ2v) is 9.55. The third-order valence-electron chi connectivity index (χ3n) is 5.31. The molecule has 1 N–H and O–H groups in total. The van der Waals surface area contributed by atoms with E-state index in [4.69, 9.17) is 21.7 Å². The van der Waals surface area contributed by atoms with Crippen molar-refractivity contribution in [1.82, 2.24) is 4.90 Å². The van der Waals surface area contributed by atoms with Gasteiger partial charge >= 0.3 is 0 Å². The van der Waals surface area contributed by atoms with E-state index in [1.165, 1.54) is 17.3 Å². The van der Waals surface area contributed by atoms with Crippen LogP contribution < -0.4 is 14.8 Å². The molecule has 0 atom stereocenters. The summed E-state index contributed by atoms with van der Waals surface area (Å²) in [6.45, 7) is 6.40. The number of amides is 2. The van der Waals surface area contributed by atoms with E-state index < -0.39 is 0 Å². The molecule has 2 aromatic carbocycles. The number of hydrogen-bond acceptors (Lipinski definition) is 6. The highest BCUT2D eigenvalue weighted by molar-refractivity contribution is 8.26. The molecular formula is C25H28N2O4S2. The van der Waals surface area contributed by atoms with Gasteiger partial charge in [0.25, 0.3) is 5.91 Å². The molecule has 3 rings (SSSR count). The molecule has 0 aliphatic carbocycles. The molecule has 1 heterocycles. The molecule has 1 aliphatic rings. The van der Waals surface area contributed by atoms with Crippen LogP contribution in [-0.2, 0) is 9.59 Å². The zero-order valence-electron chi connectivity index (χ0n) is 19.5. The second kappa shape index (κ2) is 10.9. The van der Waals surface area contributed by atoms with Gasteiger partial charge in [-0.05, 0) is 62.1 Å². The molecule has 8 heteroatoms. The number of carbonyl (C=O) groups excluding carboxylic acids is 2. The highest BCUT2D eigenvalue weighted by Gasteiger charge is 2.31. The summed E-state index contributed by atoms with van der Waals surface area (Å²) < 4.78 is 11.1. The van der Waals surface area contributed by atoms with Gasteiger partial charge in [-0.2, -0.15) is 0 Å². The van der Waals surface area contributed by atoms with Crippen molar-refractivity contribution < 1.29 is 19.1 Å². The number of nitrogens with zero attached hydrogens (tertiary/aromatic N) is 1. The number of anilines is 1. The lowest BCUT2D eigenvalue weighted by Crippen LogP contribution is -2.29. The Hall–Kier alpha value is -2.84. The van der Waals surface area contributed by atoms with Gasteiger partial charge in [0, 0.05) is 18.7 Å². The zero-order chi connectivity index (χ0) is 24.1. The van der Waals surface area contributed by atoms with E-state index in [1.54, 1.807) is 31.3 Å². The minimum absolute atomic E-state index is 0.0728. The maximum atomic E-state index is 12.9. The summed E-state index contributed by atoms with van der Waals surface area (Å²) in [5.41, 5.74) is 4.92. The van der Waals surface area contributed by atoms with Gasteiger partial charge < -0.3 is 14.8 Å². The molecule has 1 fully saturated rings. The molecule has 33 heavy (non-hydrogen) atoms. The Morgan fingerprint density at radius 2 is 1.76 bits per heavy atom. The Kier molecular flexibility index (Phi) is 8.15. The zero-order valence-corrected chi connectivity index (χ0v) is 21.1. The highest BCUT2D eigenvalue weighted by Crippen LogP contribution is 2.34. The molecular weight excluding hydrogens is 456 g/mol. The van der Waals surface area contributed by atoms with Crippen LogP contribution in [0.5, 0.6) is 11.5 Å². The molecule has 0 unspecified atom stereocenters. The summed E-state index contributed by atoms with van der Waals surface area (Å²) in [5.74, 6) is 0.991. The smallest absolute Gasteiger partial charge is 0.266 e. The summed E-state index contributed by atoms with van der Waals surface area (Å²) >= 11 is 6.67. The van der Waals surface area contributed by atoms with Crippen LogP contribution in [-0.4, -0.2) is 41.8 Å². The number of hydrogen-bond donors (Lipinski definition) is 1. The number of methoxy groups -OCH3 is 2. The SMILES string of the molecule is COc1ccc(/C=C2/SC(=S)N(CCCC(=O)Nc3c(C)cc(C)cc3C)C2=O)cc1OC. The maximum Gasteiger partial charge on any atom is 0.266 e. The number of nitrogens with one attached hydrogen (secondary N) is 1. The summed E-state index contributed by atoms with van der Waals surface area (Å²) in [6, 6.07) is 9.56. The summed E-state index contributed by atoms with van der Waals surface area (Å²) in [4.78, 5) is 27.5. The summed E-state index contributed by atoms with van der Waals surface area (Å²) in [6.07, 6.45) is 2.61. The first-order chi connectivity index (χ1) is 15.7. The van der Waals surface area contributed by atoms with Crippen molar-refractivity contribution in [3.8, 4) is 11.5 Å².